The minimum Gasteiger partial charge on any atom is -0.353 e. The van der Waals surface area contributed by atoms with Crippen LogP contribution in [0.25, 0.3) is 0 Å². The highest BCUT2D eigenvalue weighted by atomic mass is 16.2. The van der Waals surface area contributed by atoms with Crippen molar-refractivity contribution in [2.45, 2.75) is 70.8 Å². The Balaban J connectivity index is 1.84. The van der Waals surface area contributed by atoms with Gasteiger partial charge in [-0.05, 0) is 39.2 Å². The van der Waals surface area contributed by atoms with Crippen molar-refractivity contribution < 1.29 is 4.79 Å². The molecule has 2 aliphatic rings. The summed E-state index contributed by atoms with van der Waals surface area (Å²) in [6.07, 6.45) is 11.1. The molecule has 0 aromatic heterocycles. The Morgan fingerprint density at radius 1 is 1.11 bits per heavy atom. The first-order chi connectivity index (χ1) is 8.71. The zero-order valence-electron chi connectivity index (χ0n) is 11.8. The second-order valence-corrected chi connectivity index (χ2v) is 6.36. The molecule has 3 nitrogen and oxygen atoms in total. The van der Waals surface area contributed by atoms with Crippen LogP contribution in [0.5, 0.6) is 0 Å². The van der Waals surface area contributed by atoms with Gasteiger partial charge in [0.25, 0.3) is 0 Å². The predicted octanol–water partition coefficient (Wildman–Crippen LogP) is 2.61. The quantitative estimate of drug-likeness (QED) is 0.793. The molecular weight excluding hydrogens is 224 g/mol. The van der Waals surface area contributed by atoms with Crippen LogP contribution in [0.1, 0.15) is 64.7 Å². The molecule has 1 saturated heterocycles. The molecule has 1 unspecified atom stereocenters. The second-order valence-electron chi connectivity index (χ2n) is 6.36. The van der Waals surface area contributed by atoms with E-state index in [1.54, 1.807) is 0 Å². The summed E-state index contributed by atoms with van der Waals surface area (Å²) in [6, 6.07) is 0.427. The smallest absolute Gasteiger partial charge is 0.227 e. The van der Waals surface area contributed by atoms with Crippen LogP contribution in [0, 0.1) is 5.41 Å². The van der Waals surface area contributed by atoms with Crippen molar-refractivity contribution in [2.75, 3.05) is 13.1 Å². The van der Waals surface area contributed by atoms with E-state index in [0.717, 1.165) is 25.9 Å². The summed E-state index contributed by atoms with van der Waals surface area (Å²) in [6.45, 7) is 4.01. The Morgan fingerprint density at radius 3 is 2.39 bits per heavy atom. The van der Waals surface area contributed by atoms with Crippen LogP contribution in [-0.4, -0.2) is 25.0 Å². The Bertz CT molecular complexity index is 264. The van der Waals surface area contributed by atoms with E-state index in [0.29, 0.717) is 6.04 Å². The number of rotatable bonds is 2. The first kappa shape index (κ1) is 13.9. The molecule has 0 aromatic carbocycles. The molecule has 2 rings (SSSR count). The van der Waals surface area contributed by atoms with E-state index in [1.807, 2.05) is 0 Å². The van der Waals surface area contributed by atoms with E-state index >= 15 is 0 Å². The lowest BCUT2D eigenvalue weighted by atomic mass is 9.81. The largest absolute Gasteiger partial charge is 0.353 e. The third-order valence-corrected chi connectivity index (χ3v) is 4.59. The molecule has 0 spiro atoms. The molecule has 3 heteroatoms. The summed E-state index contributed by atoms with van der Waals surface area (Å²) in [7, 11) is 0. The molecule has 0 aromatic rings. The fraction of sp³-hybridized carbons (Fsp3) is 0.933. The van der Waals surface area contributed by atoms with Crippen molar-refractivity contribution in [3.63, 3.8) is 0 Å². The summed E-state index contributed by atoms with van der Waals surface area (Å²) >= 11 is 0. The molecule has 104 valence electrons. The lowest BCUT2D eigenvalue weighted by Crippen LogP contribution is -2.51. The molecule has 18 heavy (non-hydrogen) atoms. The first-order valence-electron chi connectivity index (χ1n) is 7.72. The number of amides is 1. The topological polar surface area (TPSA) is 41.1 Å². The average molecular weight is 252 g/mol. The van der Waals surface area contributed by atoms with E-state index < -0.39 is 0 Å². The molecule has 0 bridgehead atoms. The van der Waals surface area contributed by atoms with E-state index in [1.165, 1.54) is 44.9 Å². The molecule has 2 fully saturated rings. The molecule has 1 aliphatic carbocycles. The SMILES string of the molecule is CC1(C(=O)NC2CCCCCCC2)CCCNC1. The lowest BCUT2D eigenvalue weighted by Gasteiger charge is -2.34. The first-order valence-corrected chi connectivity index (χ1v) is 7.72. The van der Waals surface area contributed by atoms with Crippen molar-refractivity contribution in [1.82, 2.24) is 10.6 Å². The maximum Gasteiger partial charge on any atom is 0.227 e. The highest BCUT2D eigenvalue weighted by molar-refractivity contribution is 5.82. The van der Waals surface area contributed by atoms with Crippen molar-refractivity contribution in [3.8, 4) is 0 Å². The number of hydrogen-bond acceptors (Lipinski definition) is 2. The van der Waals surface area contributed by atoms with Gasteiger partial charge in [-0.1, -0.05) is 32.1 Å². The van der Waals surface area contributed by atoms with Gasteiger partial charge >= 0.3 is 0 Å². The van der Waals surface area contributed by atoms with Gasteiger partial charge in [0.1, 0.15) is 0 Å². The molecule has 1 amide bonds. The van der Waals surface area contributed by atoms with Gasteiger partial charge in [0.05, 0.1) is 5.41 Å². The standard InChI is InChI=1S/C15H28N2O/c1-15(10-7-11-16-12-15)14(18)17-13-8-5-3-2-4-6-9-13/h13,16H,2-12H2,1H3,(H,17,18). The minimum absolute atomic E-state index is 0.180. The molecule has 1 saturated carbocycles. The third kappa shape index (κ3) is 3.71. The Hall–Kier alpha value is -0.570. The highest BCUT2D eigenvalue weighted by Crippen LogP contribution is 2.26. The maximum absolute atomic E-state index is 12.4. The monoisotopic (exact) mass is 252 g/mol. The Morgan fingerprint density at radius 2 is 1.78 bits per heavy atom. The zero-order valence-corrected chi connectivity index (χ0v) is 11.8. The fourth-order valence-electron chi connectivity index (χ4n) is 3.21. The second kappa shape index (κ2) is 6.55. The fourth-order valence-corrected chi connectivity index (χ4v) is 3.21. The van der Waals surface area contributed by atoms with Gasteiger partial charge in [-0.3, -0.25) is 4.79 Å². The molecular formula is C15H28N2O. The van der Waals surface area contributed by atoms with Crippen LogP contribution >= 0.6 is 0 Å². The van der Waals surface area contributed by atoms with Crippen molar-refractivity contribution >= 4 is 5.91 Å². The lowest BCUT2D eigenvalue weighted by molar-refractivity contribution is -0.132. The third-order valence-electron chi connectivity index (χ3n) is 4.59. The maximum atomic E-state index is 12.4. The van der Waals surface area contributed by atoms with Gasteiger partial charge in [-0.2, -0.15) is 0 Å². The van der Waals surface area contributed by atoms with E-state index in [9.17, 15) is 4.79 Å². The number of carbonyl (C=O) groups excluding carboxylic acids is 1. The van der Waals surface area contributed by atoms with Gasteiger partial charge in [0.15, 0.2) is 0 Å². The van der Waals surface area contributed by atoms with Crippen LogP contribution in [0.15, 0.2) is 0 Å². The summed E-state index contributed by atoms with van der Waals surface area (Å²) in [5.41, 5.74) is -0.180. The van der Waals surface area contributed by atoms with E-state index in [2.05, 4.69) is 17.6 Å². The van der Waals surface area contributed by atoms with Gasteiger partial charge in [-0.15, -0.1) is 0 Å². The Kier molecular flexibility index (Phi) is 5.04. The van der Waals surface area contributed by atoms with Crippen LogP contribution in [-0.2, 0) is 4.79 Å². The van der Waals surface area contributed by atoms with Crippen molar-refractivity contribution in [2.24, 2.45) is 5.41 Å². The van der Waals surface area contributed by atoms with Crippen LogP contribution in [0.4, 0.5) is 0 Å². The van der Waals surface area contributed by atoms with Gasteiger partial charge in [-0.25, -0.2) is 0 Å². The Labute approximate surface area is 111 Å². The van der Waals surface area contributed by atoms with E-state index in [-0.39, 0.29) is 11.3 Å². The molecule has 1 heterocycles. The normalized spacial score (nSPS) is 31.4. The minimum atomic E-state index is -0.180. The summed E-state index contributed by atoms with van der Waals surface area (Å²) in [5.74, 6) is 0.278. The summed E-state index contributed by atoms with van der Waals surface area (Å²) in [5, 5.41) is 6.67. The number of carbonyl (C=O) groups is 1. The number of hydrogen-bond donors (Lipinski definition) is 2. The zero-order chi connectivity index (χ0) is 12.8. The van der Waals surface area contributed by atoms with Gasteiger partial charge in [0, 0.05) is 12.6 Å². The predicted molar refractivity (Wildman–Crippen MR) is 74.5 cm³/mol. The molecule has 1 atom stereocenters. The molecule has 1 aliphatic heterocycles. The molecule has 2 N–H and O–H groups in total. The highest BCUT2D eigenvalue weighted by Gasteiger charge is 2.35. The van der Waals surface area contributed by atoms with Crippen molar-refractivity contribution in [1.29, 1.82) is 0 Å². The number of piperidine rings is 1. The van der Waals surface area contributed by atoms with Crippen LogP contribution in [0.2, 0.25) is 0 Å². The average Bonchev–Trinajstić information content (AvgIpc) is 2.33. The van der Waals surface area contributed by atoms with Gasteiger partial charge < -0.3 is 10.6 Å². The van der Waals surface area contributed by atoms with Crippen LogP contribution < -0.4 is 10.6 Å². The van der Waals surface area contributed by atoms with Crippen LogP contribution in [0.3, 0.4) is 0 Å². The van der Waals surface area contributed by atoms with E-state index in [4.69, 9.17) is 0 Å². The van der Waals surface area contributed by atoms with Crippen molar-refractivity contribution in [3.05, 3.63) is 0 Å². The molecule has 0 radical (unpaired) electrons. The van der Waals surface area contributed by atoms with Gasteiger partial charge in [0.2, 0.25) is 5.91 Å². The number of nitrogens with one attached hydrogen (secondary N) is 2. The summed E-state index contributed by atoms with van der Waals surface area (Å²) < 4.78 is 0. The summed E-state index contributed by atoms with van der Waals surface area (Å²) in [4.78, 5) is 12.4.